The van der Waals surface area contributed by atoms with Crippen LogP contribution in [0.1, 0.15) is 0 Å². The third-order valence-corrected chi connectivity index (χ3v) is 1.33. The van der Waals surface area contributed by atoms with Crippen molar-refractivity contribution in [1.82, 2.24) is 32.8 Å². The molecule has 1 heterocycles. The molecule has 0 aromatic heterocycles. The van der Waals surface area contributed by atoms with Crippen LogP contribution in [0, 0.1) is 0 Å². The minimum atomic E-state index is -4.10. The highest BCUT2D eigenvalue weighted by molar-refractivity contribution is 7.88. The first-order chi connectivity index (χ1) is 5.58. The topological polar surface area (TPSA) is 118 Å². The summed E-state index contributed by atoms with van der Waals surface area (Å²) in [6, 6.07) is 0. The highest BCUT2D eigenvalue weighted by Crippen LogP contribution is 1.85. The summed E-state index contributed by atoms with van der Waals surface area (Å²) in [5.41, 5.74) is 12.0. The third-order valence-electron chi connectivity index (χ3n) is 0.860. The Labute approximate surface area is 68.4 Å². The van der Waals surface area contributed by atoms with Gasteiger partial charge in [0.1, 0.15) is 0 Å². The van der Waals surface area contributed by atoms with E-state index in [1.165, 1.54) is 0 Å². The fourth-order valence-electron chi connectivity index (χ4n) is 0.448. The SMILES string of the molecule is O=S(=O)(O)C=CN1NNNNN1. The van der Waals surface area contributed by atoms with Crippen LogP contribution in [0.15, 0.2) is 11.6 Å². The zero-order chi connectivity index (χ0) is 9.03. The molecular formula is C2H8N6O3S. The van der Waals surface area contributed by atoms with Crippen molar-refractivity contribution in [3.05, 3.63) is 11.6 Å². The Balaban J connectivity index is 2.44. The second-order valence-corrected chi connectivity index (χ2v) is 3.07. The molecule has 0 radical (unpaired) electrons. The van der Waals surface area contributed by atoms with Crippen molar-refractivity contribution < 1.29 is 13.0 Å². The van der Waals surface area contributed by atoms with Crippen LogP contribution >= 0.6 is 0 Å². The van der Waals surface area contributed by atoms with Gasteiger partial charge in [0.05, 0.1) is 11.6 Å². The number of hydrogen-bond donors (Lipinski definition) is 6. The van der Waals surface area contributed by atoms with Crippen LogP contribution < -0.4 is 27.7 Å². The maximum Gasteiger partial charge on any atom is 0.289 e. The van der Waals surface area contributed by atoms with Gasteiger partial charge >= 0.3 is 0 Å². The maximum atomic E-state index is 10.2. The van der Waals surface area contributed by atoms with Crippen LogP contribution in [0.25, 0.3) is 0 Å². The lowest BCUT2D eigenvalue weighted by Gasteiger charge is -2.27. The van der Waals surface area contributed by atoms with Crippen LogP contribution in [-0.4, -0.2) is 18.1 Å². The normalized spacial score (nSPS) is 20.2. The Kier molecular flexibility index (Phi) is 2.93. The van der Waals surface area contributed by atoms with Crippen molar-refractivity contribution in [3.8, 4) is 0 Å². The minimum absolute atomic E-state index is 0.599. The highest BCUT2D eigenvalue weighted by atomic mass is 32.2. The molecule has 12 heavy (non-hydrogen) atoms. The van der Waals surface area contributed by atoms with Gasteiger partial charge in [0.25, 0.3) is 10.1 Å². The van der Waals surface area contributed by atoms with Gasteiger partial charge in [0, 0.05) is 0 Å². The van der Waals surface area contributed by atoms with E-state index in [9.17, 15) is 8.42 Å². The summed E-state index contributed by atoms with van der Waals surface area (Å²) in [7, 11) is -4.10. The Hall–Kier alpha value is -0.750. The maximum absolute atomic E-state index is 10.2. The van der Waals surface area contributed by atoms with E-state index in [0.717, 1.165) is 11.3 Å². The van der Waals surface area contributed by atoms with Crippen molar-refractivity contribution in [2.24, 2.45) is 0 Å². The van der Waals surface area contributed by atoms with E-state index in [-0.39, 0.29) is 0 Å². The second kappa shape index (κ2) is 3.77. The molecule has 70 valence electrons. The zero-order valence-corrected chi connectivity index (χ0v) is 6.59. The van der Waals surface area contributed by atoms with Crippen LogP contribution in [-0.2, 0) is 10.1 Å². The molecule has 1 aliphatic rings. The van der Waals surface area contributed by atoms with Crippen LogP contribution in [0.4, 0.5) is 0 Å². The van der Waals surface area contributed by atoms with Gasteiger partial charge < -0.3 is 0 Å². The lowest BCUT2D eigenvalue weighted by atomic mass is 11.0. The molecule has 0 atom stereocenters. The lowest BCUT2D eigenvalue weighted by molar-refractivity contribution is 0.0279. The van der Waals surface area contributed by atoms with Crippen molar-refractivity contribution >= 4 is 10.1 Å². The van der Waals surface area contributed by atoms with Gasteiger partial charge in [-0.2, -0.15) is 25.0 Å². The van der Waals surface area contributed by atoms with Gasteiger partial charge in [-0.3, -0.25) is 4.55 Å². The van der Waals surface area contributed by atoms with E-state index in [1.54, 1.807) is 0 Å². The lowest BCUT2D eigenvalue weighted by Crippen LogP contribution is -2.71. The summed E-state index contributed by atoms with van der Waals surface area (Å²) in [5, 5.41) is 1.71. The largest absolute Gasteiger partial charge is 0.289 e. The molecule has 0 aromatic carbocycles. The molecular weight excluding hydrogens is 188 g/mol. The van der Waals surface area contributed by atoms with Crippen LogP contribution in [0.2, 0.25) is 0 Å². The van der Waals surface area contributed by atoms with E-state index in [1.807, 2.05) is 0 Å². The number of rotatable bonds is 2. The molecule has 0 spiro atoms. The summed E-state index contributed by atoms with van der Waals surface area (Å²) in [6.45, 7) is 0. The average Bonchev–Trinajstić information content (AvgIpc) is 2.02. The van der Waals surface area contributed by atoms with Crippen molar-refractivity contribution in [2.45, 2.75) is 0 Å². The number of nitrogens with one attached hydrogen (secondary N) is 5. The molecule has 0 aromatic rings. The number of hydrogen-bond acceptors (Lipinski definition) is 8. The number of hydrazine groups is 6. The average molecular weight is 196 g/mol. The molecule has 9 nitrogen and oxygen atoms in total. The quantitative estimate of drug-likeness (QED) is 0.258. The molecule has 10 heteroatoms. The molecule has 1 fully saturated rings. The fourth-order valence-corrected chi connectivity index (χ4v) is 0.723. The Bertz CT molecular complexity index is 254. The fraction of sp³-hybridized carbons (Fsp3) is 0. The second-order valence-electron chi connectivity index (χ2n) is 1.77. The van der Waals surface area contributed by atoms with Crippen LogP contribution in [0.5, 0.6) is 0 Å². The monoisotopic (exact) mass is 196 g/mol. The highest BCUT2D eigenvalue weighted by Gasteiger charge is 2.02. The van der Waals surface area contributed by atoms with Crippen molar-refractivity contribution in [3.63, 3.8) is 0 Å². The molecule has 1 rings (SSSR count). The van der Waals surface area contributed by atoms with E-state index in [4.69, 9.17) is 4.55 Å². The Morgan fingerprint density at radius 2 is 1.75 bits per heavy atom. The molecule has 6 N–H and O–H groups in total. The Morgan fingerprint density at radius 1 is 1.17 bits per heavy atom. The molecule has 0 amide bonds. The zero-order valence-electron chi connectivity index (χ0n) is 5.77. The van der Waals surface area contributed by atoms with Crippen LogP contribution in [0.3, 0.4) is 0 Å². The Morgan fingerprint density at radius 3 is 2.25 bits per heavy atom. The minimum Gasteiger partial charge on any atom is -0.282 e. The summed E-state index contributed by atoms with van der Waals surface area (Å²) < 4.78 is 28.7. The summed E-state index contributed by atoms with van der Waals surface area (Å²) in [4.78, 5) is 0. The first kappa shape index (κ1) is 9.34. The van der Waals surface area contributed by atoms with Crippen molar-refractivity contribution in [2.75, 3.05) is 0 Å². The van der Waals surface area contributed by atoms with Gasteiger partial charge in [0.15, 0.2) is 0 Å². The van der Waals surface area contributed by atoms with E-state index in [2.05, 4.69) is 27.7 Å². The molecule has 0 saturated carbocycles. The van der Waals surface area contributed by atoms with E-state index in [0.29, 0.717) is 5.41 Å². The van der Waals surface area contributed by atoms with Crippen molar-refractivity contribution in [1.29, 1.82) is 0 Å². The van der Waals surface area contributed by atoms with Gasteiger partial charge in [-0.15, -0.1) is 11.1 Å². The molecule has 1 aliphatic heterocycles. The predicted octanol–water partition coefficient (Wildman–Crippen LogP) is -2.90. The summed E-state index contributed by atoms with van der Waals surface area (Å²) in [5.74, 6) is 0. The molecule has 0 unspecified atom stereocenters. The van der Waals surface area contributed by atoms with Gasteiger partial charge in [-0.25, -0.2) is 5.12 Å². The van der Waals surface area contributed by atoms with Gasteiger partial charge in [-0.05, 0) is 0 Å². The third kappa shape index (κ3) is 3.59. The summed E-state index contributed by atoms with van der Waals surface area (Å²) in [6.07, 6.45) is 1.05. The molecule has 1 saturated heterocycles. The van der Waals surface area contributed by atoms with Gasteiger partial charge in [0.2, 0.25) is 0 Å². The first-order valence-electron chi connectivity index (χ1n) is 2.79. The van der Waals surface area contributed by atoms with Gasteiger partial charge in [-0.1, -0.05) is 0 Å². The van der Waals surface area contributed by atoms with E-state index >= 15 is 0 Å². The van der Waals surface area contributed by atoms with E-state index < -0.39 is 10.1 Å². The number of nitrogens with zero attached hydrogens (tertiary/aromatic N) is 1. The first-order valence-corrected chi connectivity index (χ1v) is 4.29. The predicted molar refractivity (Wildman–Crippen MR) is 38.2 cm³/mol. The molecule has 0 bridgehead atoms. The smallest absolute Gasteiger partial charge is 0.282 e. The molecule has 0 aliphatic carbocycles. The standard InChI is InChI=1S/C2H8N6O3S/c9-12(10,11)2-1-8-6-4-3-5-7-8/h1-7H,(H,9,10,11). The summed E-state index contributed by atoms with van der Waals surface area (Å²) >= 11 is 0.